The Morgan fingerprint density at radius 1 is 1.23 bits per heavy atom. The van der Waals surface area contributed by atoms with Crippen LogP contribution in [0.2, 0.25) is 10.0 Å². The predicted molar refractivity (Wildman–Crippen MR) is 107 cm³/mol. The Morgan fingerprint density at radius 3 is 2.54 bits per heavy atom. The predicted octanol–water partition coefficient (Wildman–Crippen LogP) is 4.53. The van der Waals surface area contributed by atoms with Crippen LogP contribution in [0.15, 0.2) is 18.2 Å². The maximum Gasteiger partial charge on any atom is 0.409 e. The van der Waals surface area contributed by atoms with E-state index in [-0.39, 0.29) is 12.1 Å². The number of ether oxygens (including phenoxy) is 1. The van der Waals surface area contributed by atoms with Crippen molar-refractivity contribution in [1.29, 1.82) is 0 Å². The van der Waals surface area contributed by atoms with Gasteiger partial charge in [-0.25, -0.2) is 4.79 Å². The Labute approximate surface area is 166 Å². The third-order valence-electron chi connectivity index (χ3n) is 4.30. The van der Waals surface area contributed by atoms with Crippen LogP contribution in [0.1, 0.15) is 32.8 Å². The molecule has 0 N–H and O–H groups in total. The fraction of sp³-hybridized carbons (Fsp3) is 0.550. The Morgan fingerprint density at radius 2 is 1.92 bits per heavy atom. The highest BCUT2D eigenvalue weighted by Crippen LogP contribution is 2.25. The monoisotopic (exact) mass is 396 g/mol. The molecule has 1 aromatic carbocycles. The number of benzene rings is 1. The summed E-state index contributed by atoms with van der Waals surface area (Å²) in [6.07, 6.45) is 0.731. The van der Waals surface area contributed by atoms with Gasteiger partial charge in [-0.15, -0.1) is 0 Å². The van der Waals surface area contributed by atoms with E-state index in [1.54, 1.807) is 11.0 Å². The smallest absolute Gasteiger partial charge is 0.409 e. The Bertz CT molecular complexity index is 674. The first kappa shape index (κ1) is 20.9. The van der Waals surface area contributed by atoms with Crippen molar-refractivity contribution in [3.63, 3.8) is 0 Å². The van der Waals surface area contributed by atoms with E-state index in [4.69, 9.17) is 27.9 Å². The lowest BCUT2D eigenvalue weighted by Gasteiger charge is -2.37. The molecular weight excluding hydrogens is 371 g/mol. The molecule has 1 aliphatic heterocycles. The molecule has 4 nitrogen and oxygen atoms in total. The summed E-state index contributed by atoms with van der Waals surface area (Å²) >= 11 is 12.3. The quantitative estimate of drug-likeness (QED) is 0.700. The number of halogens is 2. The van der Waals surface area contributed by atoms with Gasteiger partial charge in [0.1, 0.15) is 0 Å². The molecule has 0 aliphatic carbocycles. The molecule has 1 amide bonds. The lowest BCUT2D eigenvalue weighted by molar-refractivity contribution is 0.0710. The minimum absolute atomic E-state index is 0.120. The van der Waals surface area contributed by atoms with Crippen molar-refractivity contribution in [2.75, 3.05) is 32.8 Å². The van der Waals surface area contributed by atoms with E-state index in [1.807, 2.05) is 19.1 Å². The second kappa shape index (κ2) is 10.1. The van der Waals surface area contributed by atoms with Crippen molar-refractivity contribution in [3.05, 3.63) is 33.8 Å². The van der Waals surface area contributed by atoms with Gasteiger partial charge in [-0.05, 0) is 31.4 Å². The second-order valence-electron chi connectivity index (χ2n) is 6.74. The third-order valence-corrected chi connectivity index (χ3v) is 5.12. The van der Waals surface area contributed by atoms with Crippen LogP contribution in [0, 0.1) is 17.8 Å². The number of piperazine rings is 1. The molecule has 1 fully saturated rings. The maximum atomic E-state index is 11.9. The summed E-state index contributed by atoms with van der Waals surface area (Å²) in [6.45, 7) is 9.50. The van der Waals surface area contributed by atoms with Crippen molar-refractivity contribution < 1.29 is 9.53 Å². The average Bonchev–Trinajstić information content (AvgIpc) is 2.62. The van der Waals surface area contributed by atoms with Crippen LogP contribution in [-0.4, -0.2) is 54.7 Å². The van der Waals surface area contributed by atoms with Crippen LogP contribution in [0.4, 0.5) is 4.79 Å². The van der Waals surface area contributed by atoms with Crippen molar-refractivity contribution in [2.45, 2.75) is 33.2 Å². The minimum Gasteiger partial charge on any atom is -0.450 e. The van der Waals surface area contributed by atoms with Crippen LogP contribution in [0.3, 0.4) is 0 Å². The molecule has 0 spiro atoms. The van der Waals surface area contributed by atoms with Gasteiger partial charge in [-0.1, -0.05) is 55.0 Å². The van der Waals surface area contributed by atoms with Crippen molar-refractivity contribution >= 4 is 29.3 Å². The SMILES string of the molecule is CCOC(=O)N1CCN(C(C#Cc2cccc(Cl)c2Cl)CC(C)C)CC1. The normalized spacial score (nSPS) is 16.2. The number of carbonyl (C=O) groups excluding carboxylic acids is 1. The Kier molecular flexibility index (Phi) is 8.09. The van der Waals surface area contributed by atoms with Crippen LogP contribution < -0.4 is 0 Å². The number of hydrogen-bond acceptors (Lipinski definition) is 3. The summed E-state index contributed by atoms with van der Waals surface area (Å²) in [5, 5.41) is 1.01. The van der Waals surface area contributed by atoms with E-state index < -0.39 is 0 Å². The molecule has 1 atom stereocenters. The lowest BCUT2D eigenvalue weighted by Crippen LogP contribution is -2.52. The molecule has 2 rings (SSSR count). The first-order chi connectivity index (χ1) is 12.4. The van der Waals surface area contributed by atoms with Gasteiger partial charge in [-0.2, -0.15) is 0 Å². The molecule has 0 aromatic heterocycles. The summed E-state index contributed by atoms with van der Waals surface area (Å²) in [7, 11) is 0. The van der Waals surface area contributed by atoms with Crippen LogP contribution in [0.5, 0.6) is 0 Å². The molecule has 0 bridgehead atoms. The fourth-order valence-electron chi connectivity index (χ4n) is 2.94. The highest BCUT2D eigenvalue weighted by molar-refractivity contribution is 6.42. The Hall–Kier alpha value is -1.41. The zero-order valence-corrected chi connectivity index (χ0v) is 17.1. The number of amides is 1. The van der Waals surface area contributed by atoms with Crippen LogP contribution >= 0.6 is 23.2 Å². The van der Waals surface area contributed by atoms with Gasteiger partial charge in [-0.3, -0.25) is 4.90 Å². The molecule has 1 unspecified atom stereocenters. The Balaban J connectivity index is 2.08. The van der Waals surface area contributed by atoms with Crippen LogP contribution in [0.25, 0.3) is 0 Å². The first-order valence-electron chi connectivity index (χ1n) is 9.03. The molecule has 1 saturated heterocycles. The van der Waals surface area contributed by atoms with Crippen LogP contribution in [-0.2, 0) is 4.74 Å². The minimum atomic E-state index is -0.232. The second-order valence-corrected chi connectivity index (χ2v) is 7.52. The summed E-state index contributed by atoms with van der Waals surface area (Å²) in [5.41, 5.74) is 0.748. The molecule has 0 saturated carbocycles. The lowest BCUT2D eigenvalue weighted by atomic mass is 10.0. The zero-order valence-electron chi connectivity index (χ0n) is 15.6. The molecule has 1 heterocycles. The van der Waals surface area contributed by atoms with Gasteiger partial charge in [0.15, 0.2) is 0 Å². The highest BCUT2D eigenvalue weighted by Gasteiger charge is 2.26. The first-order valence-corrected chi connectivity index (χ1v) is 9.79. The van der Waals surface area contributed by atoms with Gasteiger partial charge in [0.25, 0.3) is 0 Å². The number of hydrogen-bond donors (Lipinski definition) is 0. The molecule has 1 aliphatic rings. The van der Waals surface area contributed by atoms with Gasteiger partial charge < -0.3 is 9.64 Å². The van der Waals surface area contributed by atoms with Crippen molar-refractivity contribution in [2.24, 2.45) is 5.92 Å². The topological polar surface area (TPSA) is 32.8 Å². The summed E-state index contributed by atoms with van der Waals surface area (Å²) in [6, 6.07) is 5.62. The van der Waals surface area contributed by atoms with E-state index in [1.165, 1.54) is 0 Å². The summed E-state index contributed by atoms with van der Waals surface area (Å²) in [4.78, 5) is 16.0. The van der Waals surface area contributed by atoms with Crippen molar-refractivity contribution in [3.8, 4) is 11.8 Å². The van der Waals surface area contributed by atoms with E-state index in [9.17, 15) is 4.79 Å². The highest BCUT2D eigenvalue weighted by atomic mass is 35.5. The maximum absolute atomic E-state index is 11.9. The molecular formula is C20H26Cl2N2O2. The summed E-state index contributed by atoms with van der Waals surface area (Å²) in [5.74, 6) is 7.09. The third kappa shape index (κ3) is 5.81. The standard InChI is InChI=1S/C20H26Cl2N2O2/c1-4-26-20(25)24-12-10-23(11-13-24)17(14-15(2)3)9-8-16-6-5-7-18(21)19(16)22/h5-7,15,17H,4,10-14H2,1-3H3. The fourth-order valence-corrected chi connectivity index (χ4v) is 3.29. The molecule has 1 aromatic rings. The van der Waals surface area contributed by atoms with Gasteiger partial charge >= 0.3 is 6.09 Å². The zero-order chi connectivity index (χ0) is 19.1. The summed E-state index contributed by atoms with van der Waals surface area (Å²) < 4.78 is 5.08. The van der Waals surface area contributed by atoms with E-state index in [2.05, 4.69) is 30.6 Å². The average molecular weight is 397 g/mol. The van der Waals surface area contributed by atoms with Gasteiger partial charge in [0.2, 0.25) is 0 Å². The number of nitrogens with zero attached hydrogens (tertiary/aromatic N) is 2. The number of rotatable bonds is 4. The van der Waals surface area contributed by atoms with E-state index in [0.29, 0.717) is 35.7 Å². The van der Waals surface area contributed by atoms with Gasteiger partial charge in [0.05, 0.1) is 22.7 Å². The van der Waals surface area contributed by atoms with Gasteiger partial charge in [0, 0.05) is 31.7 Å². The molecule has 0 radical (unpaired) electrons. The molecule has 142 valence electrons. The molecule has 6 heteroatoms. The van der Waals surface area contributed by atoms with Crippen molar-refractivity contribution in [1.82, 2.24) is 9.80 Å². The van der Waals surface area contributed by atoms with E-state index in [0.717, 1.165) is 25.1 Å². The molecule has 26 heavy (non-hydrogen) atoms. The largest absolute Gasteiger partial charge is 0.450 e. The van der Waals surface area contributed by atoms with E-state index >= 15 is 0 Å². The number of carbonyl (C=O) groups is 1.